The second kappa shape index (κ2) is 9.30. The van der Waals surface area contributed by atoms with Gasteiger partial charge in [-0.3, -0.25) is 4.79 Å². The molecule has 0 saturated carbocycles. The fourth-order valence-electron chi connectivity index (χ4n) is 3.60. The summed E-state index contributed by atoms with van der Waals surface area (Å²) in [5, 5.41) is 4.11. The summed E-state index contributed by atoms with van der Waals surface area (Å²) in [6.07, 6.45) is 0.304. The number of methoxy groups -OCH3 is 2. The van der Waals surface area contributed by atoms with Crippen molar-refractivity contribution in [2.45, 2.75) is 26.2 Å². The van der Waals surface area contributed by atoms with Crippen molar-refractivity contribution in [1.29, 1.82) is 0 Å². The summed E-state index contributed by atoms with van der Waals surface area (Å²) in [6, 6.07) is 13.0. The zero-order chi connectivity index (χ0) is 22.7. The van der Waals surface area contributed by atoms with Gasteiger partial charge >= 0.3 is 0 Å². The quantitative estimate of drug-likeness (QED) is 0.519. The van der Waals surface area contributed by atoms with E-state index in [1.807, 2.05) is 30.3 Å². The van der Waals surface area contributed by atoms with Gasteiger partial charge in [0.1, 0.15) is 5.75 Å². The molecule has 8 heteroatoms. The minimum absolute atomic E-state index is 0.00590. The van der Waals surface area contributed by atoms with Crippen molar-refractivity contribution in [3.05, 3.63) is 48.4 Å². The van der Waals surface area contributed by atoms with Crippen LogP contribution in [0.15, 0.2) is 47.0 Å². The molecule has 0 radical (unpaired) electrons. The molecular formula is C24H27N3O5. The van der Waals surface area contributed by atoms with E-state index in [1.54, 1.807) is 31.3 Å². The molecule has 1 fully saturated rings. The van der Waals surface area contributed by atoms with Crippen LogP contribution in [0.25, 0.3) is 11.4 Å². The lowest BCUT2D eigenvalue weighted by molar-refractivity contribution is -0.117. The predicted octanol–water partition coefficient (Wildman–Crippen LogP) is 4.31. The molecule has 1 unspecified atom stereocenters. The number of carbonyl (C=O) groups excluding carboxylic acids is 1. The van der Waals surface area contributed by atoms with Crippen molar-refractivity contribution in [2.75, 3.05) is 32.3 Å². The molecule has 1 saturated heterocycles. The van der Waals surface area contributed by atoms with E-state index in [2.05, 4.69) is 24.0 Å². The average molecular weight is 437 g/mol. The Labute approximate surface area is 187 Å². The molecule has 1 aromatic heterocycles. The molecule has 2 heterocycles. The molecule has 1 aliphatic heterocycles. The van der Waals surface area contributed by atoms with Crippen LogP contribution in [-0.2, 0) is 4.79 Å². The van der Waals surface area contributed by atoms with Crippen LogP contribution in [-0.4, -0.2) is 43.4 Å². The third-order valence-corrected chi connectivity index (χ3v) is 5.29. The molecule has 0 aliphatic carbocycles. The third-order valence-electron chi connectivity index (χ3n) is 5.29. The number of carbonyl (C=O) groups is 1. The zero-order valence-corrected chi connectivity index (χ0v) is 18.7. The molecule has 0 spiro atoms. The van der Waals surface area contributed by atoms with E-state index >= 15 is 0 Å². The number of benzene rings is 2. The number of hydrogen-bond acceptors (Lipinski definition) is 7. The Balaban J connectivity index is 1.46. The maximum Gasteiger partial charge on any atom is 0.232 e. The molecule has 4 rings (SSSR count). The molecule has 1 atom stereocenters. The second-order valence-electron chi connectivity index (χ2n) is 8.13. The fourth-order valence-corrected chi connectivity index (χ4v) is 3.60. The Morgan fingerprint density at radius 2 is 1.84 bits per heavy atom. The van der Waals surface area contributed by atoms with Crippen LogP contribution >= 0.6 is 0 Å². The normalized spacial score (nSPS) is 16.0. The largest absolute Gasteiger partial charge is 0.493 e. The Morgan fingerprint density at radius 3 is 2.53 bits per heavy atom. The molecule has 3 aromatic rings. The van der Waals surface area contributed by atoms with E-state index in [0.29, 0.717) is 48.7 Å². The Bertz CT molecular complexity index is 1080. The molecule has 1 aliphatic rings. The van der Waals surface area contributed by atoms with E-state index in [-0.39, 0.29) is 11.8 Å². The van der Waals surface area contributed by atoms with Crippen LogP contribution in [0.1, 0.15) is 32.1 Å². The number of rotatable bonds is 8. The first-order chi connectivity index (χ1) is 15.5. The SMILES string of the molecule is COc1ccc(N2CC(c3nc(-c4ccc(OCC(C)C)cc4)no3)CC2=O)cc1OC. The van der Waals surface area contributed by atoms with Gasteiger partial charge in [0.15, 0.2) is 11.5 Å². The lowest BCUT2D eigenvalue weighted by Crippen LogP contribution is -2.24. The van der Waals surface area contributed by atoms with Gasteiger partial charge in [0.25, 0.3) is 0 Å². The van der Waals surface area contributed by atoms with Crippen molar-refractivity contribution in [2.24, 2.45) is 5.92 Å². The second-order valence-corrected chi connectivity index (χ2v) is 8.13. The first-order valence-electron chi connectivity index (χ1n) is 10.6. The molecule has 0 N–H and O–H groups in total. The van der Waals surface area contributed by atoms with Crippen LogP contribution in [0, 0.1) is 5.92 Å². The van der Waals surface area contributed by atoms with Gasteiger partial charge in [0.2, 0.25) is 17.6 Å². The van der Waals surface area contributed by atoms with Crippen molar-refractivity contribution in [1.82, 2.24) is 10.1 Å². The summed E-state index contributed by atoms with van der Waals surface area (Å²) < 4.78 is 21.9. The molecule has 8 nitrogen and oxygen atoms in total. The molecule has 0 bridgehead atoms. The highest BCUT2D eigenvalue weighted by atomic mass is 16.5. The number of amides is 1. The van der Waals surface area contributed by atoms with Crippen molar-refractivity contribution in [3.8, 4) is 28.6 Å². The Kier molecular flexibility index (Phi) is 6.30. The Morgan fingerprint density at radius 1 is 1.09 bits per heavy atom. The van der Waals surface area contributed by atoms with E-state index in [9.17, 15) is 4.79 Å². The first kappa shape index (κ1) is 21.7. The van der Waals surface area contributed by atoms with E-state index in [0.717, 1.165) is 17.0 Å². The highest BCUT2D eigenvalue weighted by Crippen LogP contribution is 2.36. The summed E-state index contributed by atoms with van der Waals surface area (Å²) in [4.78, 5) is 18.9. The monoisotopic (exact) mass is 437 g/mol. The van der Waals surface area contributed by atoms with Gasteiger partial charge in [0, 0.05) is 30.3 Å². The standard InChI is InChI=1S/C24H27N3O5/c1-15(2)14-31-19-8-5-16(6-9-19)23-25-24(32-26-23)17-11-22(28)27(13-17)18-7-10-20(29-3)21(12-18)30-4/h5-10,12,15,17H,11,13-14H2,1-4H3. The minimum atomic E-state index is -0.175. The average Bonchev–Trinajstić information content (AvgIpc) is 3.44. The van der Waals surface area contributed by atoms with Gasteiger partial charge < -0.3 is 23.6 Å². The van der Waals surface area contributed by atoms with Crippen LogP contribution in [0.2, 0.25) is 0 Å². The lowest BCUT2D eigenvalue weighted by atomic mass is 10.1. The van der Waals surface area contributed by atoms with Crippen LogP contribution < -0.4 is 19.1 Å². The van der Waals surface area contributed by atoms with Gasteiger partial charge in [-0.2, -0.15) is 4.98 Å². The molecular weight excluding hydrogens is 410 g/mol. The van der Waals surface area contributed by atoms with Gasteiger partial charge in [-0.15, -0.1) is 0 Å². The number of anilines is 1. The highest BCUT2D eigenvalue weighted by molar-refractivity contribution is 5.96. The van der Waals surface area contributed by atoms with Crippen molar-refractivity contribution < 1.29 is 23.5 Å². The topological polar surface area (TPSA) is 86.9 Å². The van der Waals surface area contributed by atoms with Crippen molar-refractivity contribution in [3.63, 3.8) is 0 Å². The number of hydrogen-bond donors (Lipinski definition) is 0. The van der Waals surface area contributed by atoms with Crippen molar-refractivity contribution >= 4 is 11.6 Å². The van der Waals surface area contributed by atoms with E-state index in [4.69, 9.17) is 18.7 Å². The predicted molar refractivity (Wildman–Crippen MR) is 119 cm³/mol. The summed E-state index contributed by atoms with van der Waals surface area (Å²) >= 11 is 0. The Hall–Kier alpha value is -3.55. The van der Waals surface area contributed by atoms with Gasteiger partial charge in [-0.1, -0.05) is 19.0 Å². The first-order valence-corrected chi connectivity index (χ1v) is 10.6. The zero-order valence-electron chi connectivity index (χ0n) is 18.7. The highest BCUT2D eigenvalue weighted by Gasteiger charge is 2.35. The van der Waals surface area contributed by atoms with Gasteiger partial charge in [0.05, 0.1) is 26.7 Å². The minimum Gasteiger partial charge on any atom is -0.493 e. The van der Waals surface area contributed by atoms with Gasteiger partial charge in [-0.05, 0) is 42.3 Å². The van der Waals surface area contributed by atoms with Crippen LogP contribution in [0.3, 0.4) is 0 Å². The van der Waals surface area contributed by atoms with Gasteiger partial charge in [-0.25, -0.2) is 0 Å². The number of aromatic nitrogens is 2. The van der Waals surface area contributed by atoms with Crippen LogP contribution in [0.4, 0.5) is 5.69 Å². The number of nitrogens with zero attached hydrogens (tertiary/aromatic N) is 3. The summed E-state index contributed by atoms with van der Waals surface area (Å²) in [5.41, 5.74) is 1.57. The fraction of sp³-hybridized carbons (Fsp3) is 0.375. The lowest BCUT2D eigenvalue weighted by Gasteiger charge is -2.18. The molecule has 32 heavy (non-hydrogen) atoms. The van der Waals surface area contributed by atoms with Crippen LogP contribution in [0.5, 0.6) is 17.2 Å². The summed E-state index contributed by atoms with van der Waals surface area (Å²) in [7, 11) is 3.15. The number of ether oxygens (including phenoxy) is 3. The molecule has 1 amide bonds. The molecule has 168 valence electrons. The third kappa shape index (κ3) is 4.54. The van der Waals surface area contributed by atoms with E-state index in [1.165, 1.54) is 0 Å². The maximum atomic E-state index is 12.7. The van der Waals surface area contributed by atoms with E-state index < -0.39 is 0 Å². The summed E-state index contributed by atoms with van der Waals surface area (Å²) in [6.45, 7) is 5.33. The summed E-state index contributed by atoms with van der Waals surface area (Å²) in [5.74, 6) is 3.21. The maximum absolute atomic E-state index is 12.7. The molecule has 2 aromatic carbocycles. The smallest absolute Gasteiger partial charge is 0.232 e.